The quantitative estimate of drug-likeness (QED) is 0.125. The highest BCUT2D eigenvalue weighted by molar-refractivity contribution is 5.99. The predicted molar refractivity (Wildman–Crippen MR) is 165 cm³/mol. The van der Waals surface area contributed by atoms with E-state index in [1.54, 1.807) is 18.2 Å². The van der Waals surface area contributed by atoms with Crippen LogP contribution in [0.3, 0.4) is 0 Å². The second-order valence-corrected chi connectivity index (χ2v) is 12.8. The number of carbonyl (C=O) groups excluding carboxylic acids is 3. The zero-order valence-corrected chi connectivity index (χ0v) is 25.6. The number of unbranched alkanes of at least 4 members (excludes halogenated alkanes) is 1. The molecule has 1 aliphatic carbocycles. The summed E-state index contributed by atoms with van der Waals surface area (Å²) in [5.74, 6) is -0.608. The number of aryl methyl sites for hydroxylation is 1. The largest absolute Gasteiger partial charge is 0.343 e. The van der Waals surface area contributed by atoms with E-state index in [0.717, 1.165) is 62.0 Å². The Morgan fingerprint density at radius 3 is 2.47 bits per heavy atom. The monoisotopic (exact) mass is 593 g/mol. The number of nitrogens with zero attached hydrogens (tertiary/aromatic N) is 3. The highest BCUT2D eigenvalue weighted by Crippen LogP contribution is 2.32. The number of carbonyl (C=O) groups is 3. The lowest BCUT2D eigenvalue weighted by molar-refractivity contribution is -0.155. The second kappa shape index (κ2) is 14.1. The molecule has 1 aliphatic rings. The fourth-order valence-electron chi connectivity index (χ4n) is 5.90. The van der Waals surface area contributed by atoms with Crippen molar-refractivity contribution in [2.75, 3.05) is 11.9 Å². The lowest BCUT2D eigenvalue weighted by atomic mass is 9.85. The average Bonchev–Trinajstić information content (AvgIpc) is 3.61. The molecule has 10 heteroatoms. The Bertz CT molecular complexity index is 1410. The molecule has 0 bridgehead atoms. The molecule has 0 aliphatic heterocycles. The zero-order chi connectivity index (χ0) is 31.1. The van der Waals surface area contributed by atoms with Crippen LogP contribution in [0, 0.1) is 23.1 Å². The van der Waals surface area contributed by atoms with Crippen molar-refractivity contribution < 1.29 is 24.0 Å². The van der Waals surface area contributed by atoms with E-state index in [-0.39, 0.29) is 24.2 Å². The molecule has 0 radical (unpaired) electrons. The van der Waals surface area contributed by atoms with Crippen LogP contribution in [0.4, 0.5) is 10.1 Å². The van der Waals surface area contributed by atoms with Crippen molar-refractivity contribution >= 4 is 34.9 Å². The van der Waals surface area contributed by atoms with Gasteiger partial charge in [-0.25, -0.2) is 14.4 Å². The molecule has 1 fully saturated rings. The third-order valence-electron chi connectivity index (χ3n) is 8.26. The molecule has 232 valence electrons. The number of rotatable bonds is 13. The van der Waals surface area contributed by atoms with Gasteiger partial charge in [0.25, 0.3) is 0 Å². The molecule has 0 spiro atoms. The van der Waals surface area contributed by atoms with E-state index in [2.05, 4.69) is 22.1 Å². The predicted octanol–water partition coefficient (Wildman–Crippen LogP) is 6.16. The summed E-state index contributed by atoms with van der Waals surface area (Å²) in [6, 6.07) is 10.9. The standard InChI is InChI=1S/C33H44FN5O4/c1-5-6-17-39-28-16-15-26(19-27(28)36-30(39)23-11-13-25(34)14-12-23)35-32(42)29(33(2,3)4)37-31(41)24(20-38(43)21-40)18-22-9-7-8-10-22/h11-16,19,21-22,24,29,43H,5-10,17-18,20H2,1-4H3,(H,35,42)(H,37,41)/t24-,29-/m1/s1. The minimum Gasteiger partial charge on any atom is -0.343 e. The molecule has 0 saturated heterocycles. The number of hydroxylamine groups is 2. The normalized spacial score (nSPS) is 15.3. The van der Waals surface area contributed by atoms with Crippen LogP contribution in [0.25, 0.3) is 22.4 Å². The Morgan fingerprint density at radius 1 is 1.14 bits per heavy atom. The summed E-state index contributed by atoms with van der Waals surface area (Å²) in [6.07, 6.45) is 7.03. The van der Waals surface area contributed by atoms with Gasteiger partial charge in [-0.1, -0.05) is 59.8 Å². The number of anilines is 1. The molecule has 3 N–H and O–H groups in total. The minimum absolute atomic E-state index is 0.127. The summed E-state index contributed by atoms with van der Waals surface area (Å²) in [6.45, 7) is 8.37. The number of halogens is 1. The van der Waals surface area contributed by atoms with Gasteiger partial charge in [0.1, 0.15) is 17.7 Å². The number of benzene rings is 2. The van der Waals surface area contributed by atoms with Crippen LogP contribution in [-0.4, -0.2) is 50.6 Å². The first-order chi connectivity index (χ1) is 20.5. The van der Waals surface area contributed by atoms with Gasteiger partial charge in [-0.05, 0) is 66.6 Å². The molecule has 1 saturated carbocycles. The lowest BCUT2D eigenvalue weighted by Gasteiger charge is -2.32. The van der Waals surface area contributed by atoms with Gasteiger partial charge in [0, 0.05) is 17.8 Å². The van der Waals surface area contributed by atoms with Gasteiger partial charge in [-0.3, -0.25) is 19.6 Å². The van der Waals surface area contributed by atoms with Gasteiger partial charge in [0.2, 0.25) is 18.2 Å². The highest BCUT2D eigenvalue weighted by atomic mass is 19.1. The molecule has 2 aromatic carbocycles. The van der Waals surface area contributed by atoms with E-state index in [9.17, 15) is 24.0 Å². The maximum atomic E-state index is 13.6. The van der Waals surface area contributed by atoms with Crippen molar-refractivity contribution in [1.29, 1.82) is 0 Å². The molecular formula is C33H44FN5O4. The Kier molecular flexibility index (Phi) is 10.6. The van der Waals surface area contributed by atoms with E-state index in [4.69, 9.17) is 4.98 Å². The molecular weight excluding hydrogens is 549 g/mol. The molecule has 2 atom stereocenters. The van der Waals surface area contributed by atoms with Crippen LogP contribution >= 0.6 is 0 Å². The Morgan fingerprint density at radius 2 is 1.84 bits per heavy atom. The van der Waals surface area contributed by atoms with Crippen molar-refractivity contribution in [2.24, 2.45) is 17.3 Å². The van der Waals surface area contributed by atoms with E-state index >= 15 is 0 Å². The fourth-order valence-corrected chi connectivity index (χ4v) is 5.90. The first-order valence-electron chi connectivity index (χ1n) is 15.3. The summed E-state index contributed by atoms with van der Waals surface area (Å²) in [7, 11) is 0. The lowest BCUT2D eigenvalue weighted by Crippen LogP contribution is -2.54. The van der Waals surface area contributed by atoms with E-state index < -0.39 is 17.4 Å². The average molecular weight is 594 g/mol. The van der Waals surface area contributed by atoms with Gasteiger partial charge in [-0.2, -0.15) is 0 Å². The summed E-state index contributed by atoms with van der Waals surface area (Å²) in [5.41, 5.74) is 2.32. The third-order valence-corrected chi connectivity index (χ3v) is 8.26. The molecule has 3 aromatic rings. The number of hydrogen-bond acceptors (Lipinski definition) is 5. The SMILES string of the molecule is CCCCn1c(-c2ccc(F)cc2)nc2cc(NC(=O)[C@@H](NC(=O)[C@H](CC3CCCC3)CN(O)C=O)C(C)(C)C)ccc21. The van der Waals surface area contributed by atoms with Gasteiger partial charge in [0.15, 0.2) is 0 Å². The third kappa shape index (κ3) is 8.19. The number of fused-ring (bicyclic) bond motifs is 1. The second-order valence-electron chi connectivity index (χ2n) is 12.8. The number of amides is 3. The molecule has 9 nitrogen and oxygen atoms in total. The van der Waals surface area contributed by atoms with Crippen molar-refractivity contribution in [3.8, 4) is 11.4 Å². The maximum Gasteiger partial charge on any atom is 0.247 e. The van der Waals surface area contributed by atoms with Crippen molar-refractivity contribution in [1.82, 2.24) is 19.9 Å². The van der Waals surface area contributed by atoms with Crippen LogP contribution in [0.5, 0.6) is 0 Å². The molecule has 1 heterocycles. The summed E-state index contributed by atoms with van der Waals surface area (Å²) >= 11 is 0. The minimum atomic E-state index is -0.873. The zero-order valence-electron chi connectivity index (χ0n) is 25.6. The first kappa shape index (κ1) is 32.1. The number of aromatic nitrogens is 2. The summed E-state index contributed by atoms with van der Waals surface area (Å²) in [4.78, 5) is 43.1. The van der Waals surface area contributed by atoms with E-state index in [1.807, 2.05) is 32.9 Å². The maximum absolute atomic E-state index is 13.6. The smallest absolute Gasteiger partial charge is 0.247 e. The molecule has 3 amide bonds. The molecule has 0 unspecified atom stereocenters. The van der Waals surface area contributed by atoms with Crippen LogP contribution in [0.2, 0.25) is 0 Å². The highest BCUT2D eigenvalue weighted by Gasteiger charge is 2.36. The Labute approximate surface area is 252 Å². The van der Waals surface area contributed by atoms with Crippen LogP contribution < -0.4 is 10.6 Å². The molecule has 4 rings (SSSR count). The summed E-state index contributed by atoms with van der Waals surface area (Å²) in [5, 5.41) is 16.3. The van der Waals surface area contributed by atoms with Gasteiger partial charge in [-0.15, -0.1) is 0 Å². The van der Waals surface area contributed by atoms with Crippen molar-refractivity contribution in [3.05, 3.63) is 48.3 Å². The Hall–Kier alpha value is -3.79. The molecule has 43 heavy (non-hydrogen) atoms. The van der Waals surface area contributed by atoms with Crippen LogP contribution in [0.1, 0.15) is 72.6 Å². The summed E-state index contributed by atoms with van der Waals surface area (Å²) < 4.78 is 15.7. The fraction of sp³-hybridized carbons (Fsp3) is 0.515. The Balaban J connectivity index is 1.56. The number of nitrogens with one attached hydrogen (secondary N) is 2. The van der Waals surface area contributed by atoms with E-state index in [0.29, 0.717) is 35.0 Å². The first-order valence-corrected chi connectivity index (χ1v) is 15.3. The topological polar surface area (TPSA) is 117 Å². The van der Waals surface area contributed by atoms with Gasteiger partial charge >= 0.3 is 0 Å². The van der Waals surface area contributed by atoms with Crippen LogP contribution in [-0.2, 0) is 20.9 Å². The van der Waals surface area contributed by atoms with Gasteiger partial charge in [0.05, 0.1) is 23.5 Å². The van der Waals surface area contributed by atoms with Gasteiger partial charge < -0.3 is 15.2 Å². The number of imidazole rings is 1. The number of hydrogen-bond donors (Lipinski definition) is 3. The molecule has 1 aromatic heterocycles. The van der Waals surface area contributed by atoms with Crippen molar-refractivity contribution in [2.45, 2.75) is 85.2 Å². The van der Waals surface area contributed by atoms with E-state index in [1.165, 1.54) is 12.1 Å². The van der Waals surface area contributed by atoms with Crippen molar-refractivity contribution in [3.63, 3.8) is 0 Å². The van der Waals surface area contributed by atoms with Crippen LogP contribution in [0.15, 0.2) is 42.5 Å².